The van der Waals surface area contributed by atoms with Crippen LogP contribution in [-0.2, 0) is 0 Å². The van der Waals surface area contributed by atoms with Crippen molar-refractivity contribution in [2.24, 2.45) is 0 Å². The summed E-state index contributed by atoms with van der Waals surface area (Å²) in [7, 11) is -1.87. The topological polar surface area (TPSA) is 9.86 Å². The minimum absolute atomic E-state index is 1.16. The Labute approximate surface area is 287 Å². The molecule has 0 N–H and O–H groups in total. The molecule has 1 aliphatic rings. The highest BCUT2D eigenvalue weighted by molar-refractivity contribution is 7.03. The van der Waals surface area contributed by atoms with Crippen LogP contribution >= 0.6 is 0 Å². The molecule has 0 spiro atoms. The van der Waals surface area contributed by atoms with Crippen molar-refractivity contribution < 1.29 is 0 Å². The second-order valence-corrected chi connectivity index (χ2v) is 18.2. The molecule has 0 bridgehead atoms. The minimum atomic E-state index is -1.87. The van der Waals surface area contributed by atoms with Crippen LogP contribution in [0.15, 0.2) is 170 Å². The highest BCUT2D eigenvalue weighted by Gasteiger charge is 2.37. The van der Waals surface area contributed by atoms with Gasteiger partial charge in [-0.3, -0.25) is 0 Å². The Morgan fingerprint density at radius 2 is 0.939 bits per heavy atom. The predicted octanol–water partition coefficient (Wildman–Crippen LogP) is 10.9. The Balaban J connectivity index is 0.982. The first-order valence-corrected chi connectivity index (χ1v) is 20.1. The van der Waals surface area contributed by atoms with Gasteiger partial charge in [0.15, 0.2) is 0 Å². The van der Waals surface area contributed by atoms with Gasteiger partial charge in [0.1, 0.15) is 8.07 Å². The molecule has 10 rings (SSSR count). The second kappa shape index (κ2) is 10.5. The summed E-state index contributed by atoms with van der Waals surface area (Å²) in [4.78, 5) is 0. The lowest BCUT2D eigenvalue weighted by molar-refractivity contribution is 1.11. The Kier molecular flexibility index (Phi) is 6.06. The SMILES string of the molecule is C[Si]1(C)c2cc(-c3ccccc3)ccc2-c2ccc(-c3ccc4c(ccn4-c4ccc(-n5c6ccccc6c6ccccc65)cc4)c3)cc21. The first kappa shape index (κ1) is 28.1. The quantitative estimate of drug-likeness (QED) is 0.169. The highest BCUT2D eigenvalue weighted by atomic mass is 28.3. The Bertz CT molecular complexity index is 2670. The van der Waals surface area contributed by atoms with E-state index in [2.05, 4.69) is 192 Å². The van der Waals surface area contributed by atoms with E-state index in [1.165, 1.54) is 82.2 Å². The van der Waals surface area contributed by atoms with Gasteiger partial charge in [0.05, 0.1) is 16.6 Å². The summed E-state index contributed by atoms with van der Waals surface area (Å²) in [6.07, 6.45) is 2.20. The maximum Gasteiger partial charge on any atom is 0.113 e. The molecule has 0 radical (unpaired) electrons. The van der Waals surface area contributed by atoms with Crippen molar-refractivity contribution in [1.82, 2.24) is 9.13 Å². The van der Waals surface area contributed by atoms with Gasteiger partial charge in [-0.15, -0.1) is 0 Å². The molecule has 0 unspecified atom stereocenters. The molecule has 7 aromatic carbocycles. The summed E-state index contributed by atoms with van der Waals surface area (Å²) in [5.41, 5.74) is 14.0. The van der Waals surface area contributed by atoms with Crippen molar-refractivity contribution in [3.8, 4) is 44.8 Å². The third kappa shape index (κ3) is 4.26. The molecular weight excluding hydrogens is 609 g/mol. The van der Waals surface area contributed by atoms with Gasteiger partial charge in [-0.25, -0.2) is 0 Å². The molecule has 0 atom stereocenters. The highest BCUT2D eigenvalue weighted by Crippen LogP contribution is 2.35. The molecule has 0 saturated heterocycles. The zero-order valence-corrected chi connectivity index (χ0v) is 28.6. The third-order valence-electron chi connectivity index (χ3n) is 10.8. The Hall–Kier alpha value is -5.90. The van der Waals surface area contributed by atoms with Crippen LogP contribution in [0.5, 0.6) is 0 Å². The van der Waals surface area contributed by atoms with Crippen molar-refractivity contribution in [3.63, 3.8) is 0 Å². The van der Waals surface area contributed by atoms with Gasteiger partial charge in [-0.2, -0.15) is 0 Å². The van der Waals surface area contributed by atoms with Gasteiger partial charge in [0, 0.05) is 33.7 Å². The molecular formula is C46H34N2Si. The number of aromatic nitrogens is 2. The molecule has 2 nitrogen and oxygen atoms in total. The lowest BCUT2D eigenvalue weighted by atomic mass is 9.98. The molecule has 1 aliphatic heterocycles. The summed E-state index contributed by atoms with van der Waals surface area (Å²) < 4.78 is 4.67. The number of nitrogens with zero attached hydrogens (tertiary/aromatic N) is 2. The van der Waals surface area contributed by atoms with E-state index >= 15 is 0 Å². The largest absolute Gasteiger partial charge is 0.317 e. The van der Waals surface area contributed by atoms with Crippen LogP contribution in [0, 0.1) is 0 Å². The van der Waals surface area contributed by atoms with Crippen LogP contribution in [0.4, 0.5) is 0 Å². The van der Waals surface area contributed by atoms with Gasteiger partial charge in [0.25, 0.3) is 0 Å². The fourth-order valence-corrected chi connectivity index (χ4v) is 11.3. The molecule has 0 saturated carbocycles. The van der Waals surface area contributed by atoms with Crippen molar-refractivity contribution in [1.29, 1.82) is 0 Å². The number of hydrogen-bond acceptors (Lipinski definition) is 0. The Morgan fingerprint density at radius 1 is 0.408 bits per heavy atom. The second-order valence-electron chi connectivity index (χ2n) is 13.9. The average Bonchev–Trinajstić information content (AvgIpc) is 3.80. The van der Waals surface area contributed by atoms with Crippen molar-refractivity contribution in [3.05, 3.63) is 170 Å². The van der Waals surface area contributed by atoms with E-state index in [0.29, 0.717) is 0 Å². The molecule has 0 aliphatic carbocycles. The van der Waals surface area contributed by atoms with Gasteiger partial charge in [-0.05, 0) is 98.4 Å². The molecule has 2 aromatic heterocycles. The van der Waals surface area contributed by atoms with E-state index in [9.17, 15) is 0 Å². The number of hydrogen-bond donors (Lipinski definition) is 0. The lowest BCUT2D eigenvalue weighted by Gasteiger charge is -2.20. The molecule has 232 valence electrons. The monoisotopic (exact) mass is 642 g/mol. The number of para-hydroxylation sites is 2. The van der Waals surface area contributed by atoms with Gasteiger partial charge in [-0.1, -0.05) is 122 Å². The van der Waals surface area contributed by atoms with E-state index < -0.39 is 8.07 Å². The predicted molar refractivity (Wildman–Crippen MR) is 211 cm³/mol. The maximum atomic E-state index is 2.51. The van der Waals surface area contributed by atoms with Crippen molar-refractivity contribution >= 4 is 51.2 Å². The van der Waals surface area contributed by atoms with Crippen LogP contribution in [-0.4, -0.2) is 17.2 Å². The fourth-order valence-electron chi connectivity index (χ4n) is 8.24. The van der Waals surface area contributed by atoms with E-state index in [-0.39, 0.29) is 0 Å². The third-order valence-corrected chi connectivity index (χ3v) is 14.3. The first-order chi connectivity index (χ1) is 24.0. The fraction of sp³-hybridized carbons (Fsp3) is 0.0435. The van der Waals surface area contributed by atoms with Crippen LogP contribution in [0.2, 0.25) is 13.1 Å². The van der Waals surface area contributed by atoms with Crippen molar-refractivity contribution in [2.75, 3.05) is 0 Å². The normalized spacial score (nSPS) is 13.3. The van der Waals surface area contributed by atoms with Gasteiger partial charge < -0.3 is 9.13 Å². The molecule has 3 heterocycles. The van der Waals surface area contributed by atoms with Gasteiger partial charge in [0.2, 0.25) is 0 Å². The minimum Gasteiger partial charge on any atom is -0.317 e. The molecule has 0 amide bonds. The van der Waals surface area contributed by atoms with Gasteiger partial charge >= 0.3 is 0 Å². The maximum absolute atomic E-state index is 2.51. The summed E-state index contributed by atoms with van der Waals surface area (Å²) >= 11 is 0. The Morgan fingerprint density at radius 3 is 1.59 bits per heavy atom. The average molecular weight is 643 g/mol. The summed E-state index contributed by atoms with van der Waals surface area (Å²) in [5.74, 6) is 0. The molecule has 49 heavy (non-hydrogen) atoms. The van der Waals surface area contributed by atoms with Crippen molar-refractivity contribution in [2.45, 2.75) is 13.1 Å². The van der Waals surface area contributed by atoms with Crippen LogP contribution in [0.1, 0.15) is 0 Å². The lowest BCUT2D eigenvalue weighted by Crippen LogP contribution is -2.49. The van der Waals surface area contributed by atoms with E-state index in [1.807, 2.05) is 0 Å². The summed E-state index contributed by atoms with van der Waals surface area (Å²) in [6, 6.07) is 60.5. The van der Waals surface area contributed by atoms with E-state index in [4.69, 9.17) is 0 Å². The smallest absolute Gasteiger partial charge is 0.113 e. The zero-order chi connectivity index (χ0) is 32.7. The van der Waals surface area contributed by atoms with Crippen LogP contribution < -0.4 is 10.4 Å². The molecule has 9 aromatic rings. The standard InChI is InChI=1S/C46H34N2Si/c1-49(2)45-29-33(31-10-4-3-5-11-31)16-23-40(45)41-24-17-34(30-46(41)49)32-18-25-42-35(28-32)26-27-47(42)36-19-21-37(22-20-36)48-43-14-8-6-12-38(43)39-13-7-9-15-44(39)48/h3-30H,1-2H3. The first-order valence-electron chi connectivity index (χ1n) is 17.1. The summed E-state index contributed by atoms with van der Waals surface area (Å²) in [6.45, 7) is 5.01. The zero-order valence-electron chi connectivity index (χ0n) is 27.6. The van der Waals surface area contributed by atoms with E-state index in [0.717, 1.165) is 5.69 Å². The molecule has 3 heteroatoms. The number of rotatable bonds is 4. The molecule has 0 fully saturated rings. The van der Waals surface area contributed by atoms with Crippen LogP contribution in [0.3, 0.4) is 0 Å². The van der Waals surface area contributed by atoms with E-state index in [1.54, 1.807) is 0 Å². The number of benzene rings is 7. The van der Waals surface area contributed by atoms with Crippen LogP contribution in [0.25, 0.3) is 77.5 Å². The summed E-state index contributed by atoms with van der Waals surface area (Å²) in [5, 5.41) is 6.89. The number of fused-ring (bicyclic) bond motifs is 7.